The summed E-state index contributed by atoms with van der Waals surface area (Å²) in [6.07, 6.45) is 0. The van der Waals surface area contributed by atoms with Crippen LogP contribution in [0.3, 0.4) is 0 Å². The maximum atomic E-state index is 3.74. The molecule has 0 unspecified atom stereocenters. The van der Waals surface area contributed by atoms with Gasteiger partial charge in [0.2, 0.25) is 0 Å². The van der Waals surface area contributed by atoms with Crippen LogP contribution in [-0.4, -0.2) is 15.0 Å². The zero-order valence-corrected chi connectivity index (χ0v) is 35.0. The highest BCUT2D eigenvalue weighted by Gasteiger charge is 2.21. The minimum absolute atomic E-state index is 1.07. The molecule has 9 aromatic carbocycles. The minimum atomic E-state index is 1.07. The number of fused-ring (bicyclic) bond motifs is 3. The summed E-state index contributed by atoms with van der Waals surface area (Å²) in [5.74, 6) is 0. The highest BCUT2D eigenvalue weighted by Crippen LogP contribution is 2.45. The second-order valence-electron chi connectivity index (χ2n) is 16.3. The Morgan fingerprint density at radius 1 is 0.219 bits per heavy atom. The summed E-state index contributed by atoms with van der Waals surface area (Å²) < 4.78 is 0. The van der Waals surface area contributed by atoms with Crippen LogP contribution in [-0.2, 0) is 0 Å². The number of nitrogens with one attached hydrogen (secondary N) is 3. The molecule has 4 heteroatoms. The van der Waals surface area contributed by atoms with Crippen LogP contribution < -0.4 is 4.90 Å². The van der Waals surface area contributed by atoms with Crippen molar-refractivity contribution in [2.24, 2.45) is 0 Å². The Morgan fingerprint density at radius 3 is 0.750 bits per heavy atom. The summed E-state index contributed by atoms with van der Waals surface area (Å²) in [5.41, 5.74) is 20.5. The van der Waals surface area contributed by atoms with Gasteiger partial charge in [0.15, 0.2) is 0 Å². The standard InChI is InChI=1S/C60H42N4/c1-4-16-43(17-5-1)58-55(49-22-10-13-25-52(49)61-58)40-28-34-46(35-29-40)64(47-36-30-41(31-37-47)56-50-23-11-14-26-53(50)62-59(56)44-18-6-2-7-19-44)48-38-32-42(33-39-48)57-51-24-12-15-27-54(51)63-60(57)45-20-8-3-9-21-45/h1-39,61-63H. The van der Waals surface area contributed by atoms with Gasteiger partial charge in [-0.25, -0.2) is 0 Å². The molecule has 302 valence electrons. The Balaban J connectivity index is 0.986. The van der Waals surface area contributed by atoms with Crippen LogP contribution in [0.25, 0.3) is 99.9 Å². The zero-order valence-electron chi connectivity index (χ0n) is 35.0. The molecule has 0 bridgehead atoms. The summed E-state index contributed by atoms with van der Waals surface area (Å²) in [6, 6.07) is 84.8. The second kappa shape index (κ2) is 15.7. The topological polar surface area (TPSA) is 50.6 Å². The molecule has 3 N–H and O–H groups in total. The number of hydrogen-bond acceptors (Lipinski definition) is 1. The average molecular weight is 819 g/mol. The van der Waals surface area contributed by atoms with Gasteiger partial charge >= 0.3 is 0 Å². The first-order valence-electron chi connectivity index (χ1n) is 21.8. The summed E-state index contributed by atoms with van der Waals surface area (Å²) in [5, 5.41) is 3.62. The van der Waals surface area contributed by atoms with Crippen LogP contribution in [0.15, 0.2) is 237 Å². The largest absolute Gasteiger partial charge is 0.354 e. The Morgan fingerprint density at radius 2 is 0.469 bits per heavy atom. The fourth-order valence-electron chi connectivity index (χ4n) is 9.57. The van der Waals surface area contributed by atoms with Gasteiger partial charge in [-0.1, -0.05) is 182 Å². The lowest BCUT2D eigenvalue weighted by atomic mass is 9.97. The number of nitrogens with zero attached hydrogens (tertiary/aromatic N) is 1. The smallest absolute Gasteiger partial charge is 0.0544 e. The second-order valence-corrected chi connectivity index (χ2v) is 16.3. The van der Waals surface area contributed by atoms with Crippen molar-refractivity contribution in [3.8, 4) is 67.2 Å². The number of hydrogen-bond donors (Lipinski definition) is 3. The fourth-order valence-corrected chi connectivity index (χ4v) is 9.57. The fraction of sp³-hybridized carbons (Fsp3) is 0. The van der Waals surface area contributed by atoms with Crippen molar-refractivity contribution in [3.63, 3.8) is 0 Å². The van der Waals surface area contributed by atoms with Gasteiger partial charge in [-0.3, -0.25) is 0 Å². The Kier molecular flexibility index (Phi) is 9.12. The molecular formula is C60H42N4. The van der Waals surface area contributed by atoms with Gasteiger partial charge in [0.1, 0.15) is 0 Å². The van der Waals surface area contributed by atoms with E-state index in [2.05, 4.69) is 256 Å². The van der Waals surface area contributed by atoms with E-state index in [1.807, 2.05) is 0 Å². The van der Waals surface area contributed by atoms with E-state index >= 15 is 0 Å². The number of rotatable bonds is 9. The molecule has 64 heavy (non-hydrogen) atoms. The molecule has 0 spiro atoms. The van der Waals surface area contributed by atoms with Gasteiger partial charge in [0.25, 0.3) is 0 Å². The van der Waals surface area contributed by atoms with Crippen LogP contribution >= 0.6 is 0 Å². The predicted octanol–water partition coefficient (Wildman–Crippen LogP) is 16.6. The quantitative estimate of drug-likeness (QED) is 0.133. The third kappa shape index (κ3) is 6.48. The first kappa shape index (κ1) is 37.2. The van der Waals surface area contributed by atoms with E-state index in [1.54, 1.807) is 0 Å². The van der Waals surface area contributed by atoms with E-state index < -0.39 is 0 Å². The van der Waals surface area contributed by atoms with E-state index in [1.165, 1.54) is 32.8 Å². The molecule has 3 heterocycles. The van der Waals surface area contributed by atoms with Crippen molar-refractivity contribution in [3.05, 3.63) is 237 Å². The Labute approximate surface area is 371 Å². The number of para-hydroxylation sites is 3. The molecule has 3 aromatic heterocycles. The summed E-state index contributed by atoms with van der Waals surface area (Å²) in [4.78, 5) is 13.6. The highest BCUT2D eigenvalue weighted by molar-refractivity contribution is 6.06. The van der Waals surface area contributed by atoms with E-state index in [4.69, 9.17) is 0 Å². The van der Waals surface area contributed by atoms with E-state index in [0.717, 1.165) is 84.1 Å². The third-order valence-electron chi connectivity index (χ3n) is 12.5. The lowest BCUT2D eigenvalue weighted by molar-refractivity contribution is 1.28. The average Bonchev–Trinajstić information content (AvgIpc) is 4.08. The minimum Gasteiger partial charge on any atom is -0.354 e. The maximum Gasteiger partial charge on any atom is 0.0544 e. The Hall–Kier alpha value is -8.60. The molecule has 0 saturated carbocycles. The molecule has 0 aliphatic heterocycles. The van der Waals surface area contributed by atoms with Gasteiger partial charge in [-0.15, -0.1) is 0 Å². The number of H-pyrrole nitrogens is 3. The van der Waals surface area contributed by atoms with Crippen molar-refractivity contribution < 1.29 is 0 Å². The first-order valence-corrected chi connectivity index (χ1v) is 21.8. The number of aromatic nitrogens is 3. The van der Waals surface area contributed by atoms with Crippen LogP contribution in [0.1, 0.15) is 0 Å². The molecule has 0 fully saturated rings. The van der Waals surface area contributed by atoms with Gasteiger partial charge in [-0.2, -0.15) is 0 Å². The van der Waals surface area contributed by atoms with E-state index in [0.29, 0.717) is 0 Å². The number of aromatic amines is 3. The molecule has 12 rings (SSSR count). The molecule has 12 aromatic rings. The molecule has 0 radical (unpaired) electrons. The third-order valence-corrected chi connectivity index (χ3v) is 12.5. The van der Waals surface area contributed by atoms with Crippen molar-refractivity contribution >= 4 is 49.8 Å². The molecule has 4 nitrogen and oxygen atoms in total. The van der Waals surface area contributed by atoms with E-state index in [-0.39, 0.29) is 0 Å². The highest BCUT2D eigenvalue weighted by atomic mass is 15.1. The van der Waals surface area contributed by atoms with Crippen molar-refractivity contribution in [2.75, 3.05) is 4.90 Å². The predicted molar refractivity (Wildman–Crippen MR) is 269 cm³/mol. The lowest BCUT2D eigenvalue weighted by Gasteiger charge is -2.26. The molecule has 0 atom stereocenters. The van der Waals surface area contributed by atoms with Gasteiger partial charge in [0.05, 0.1) is 17.1 Å². The van der Waals surface area contributed by atoms with Crippen molar-refractivity contribution in [1.82, 2.24) is 15.0 Å². The molecule has 0 saturated heterocycles. The van der Waals surface area contributed by atoms with Crippen LogP contribution in [0.4, 0.5) is 17.1 Å². The van der Waals surface area contributed by atoms with Crippen LogP contribution in [0.2, 0.25) is 0 Å². The molecule has 0 amide bonds. The Bertz CT molecular complexity index is 3180. The number of anilines is 3. The summed E-state index contributed by atoms with van der Waals surface area (Å²) in [6.45, 7) is 0. The van der Waals surface area contributed by atoms with Gasteiger partial charge in [-0.05, 0) is 88.0 Å². The SMILES string of the molecule is c1ccc(-c2[nH]c3ccccc3c2-c2ccc(N(c3ccc(-c4c(-c5ccccc5)[nH]c5ccccc45)cc3)c3ccc(-c4c(-c5ccccc5)[nH]c5ccccc45)cc3)cc2)cc1. The summed E-state index contributed by atoms with van der Waals surface area (Å²) >= 11 is 0. The summed E-state index contributed by atoms with van der Waals surface area (Å²) in [7, 11) is 0. The monoisotopic (exact) mass is 818 g/mol. The molecule has 0 aliphatic carbocycles. The zero-order chi connectivity index (χ0) is 42.4. The van der Waals surface area contributed by atoms with Crippen molar-refractivity contribution in [2.45, 2.75) is 0 Å². The van der Waals surface area contributed by atoms with Gasteiger partial charge < -0.3 is 19.9 Å². The van der Waals surface area contributed by atoms with Gasteiger partial charge in [0, 0.05) is 66.5 Å². The first-order chi connectivity index (χ1) is 31.7. The van der Waals surface area contributed by atoms with Crippen LogP contribution in [0, 0.1) is 0 Å². The lowest BCUT2D eigenvalue weighted by Crippen LogP contribution is -2.09. The van der Waals surface area contributed by atoms with Crippen molar-refractivity contribution in [1.29, 1.82) is 0 Å². The normalized spacial score (nSPS) is 11.4. The van der Waals surface area contributed by atoms with E-state index in [9.17, 15) is 0 Å². The number of benzene rings is 9. The molecule has 0 aliphatic rings. The maximum absolute atomic E-state index is 3.74. The molecular weight excluding hydrogens is 777 g/mol. The van der Waals surface area contributed by atoms with Crippen LogP contribution in [0.5, 0.6) is 0 Å².